The highest BCUT2D eigenvalue weighted by Gasteiger charge is 2.10. The molecule has 0 aliphatic carbocycles. The summed E-state index contributed by atoms with van der Waals surface area (Å²) in [5.41, 5.74) is 1.59. The molecule has 2 rings (SSSR count). The molecular formula is C16H17Cl2NO3S2. The molecule has 0 aliphatic heterocycles. The van der Waals surface area contributed by atoms with Crippen LogP contribution in [0.3, 0.4) is 0 Å². The fourth-order valence-corrected chi connectivity index (χ4v) is 3.47. The highest BCUT2D eigenvalue weighted by Crippen LogP contribution is 2.27. The number of thioether (sulfide) groups is 1. The molecule has 0 radical (unpaired) electrons. The number of hydrogen-bond acceptors (Lipinski definition) is 4. The van der Waals surface area contributed by atoms with Gasteiger partial charge in [0.2, 0.25) is 0 Å². The molecule has 4 nitrogen and oxygen atoms in total. The first kappa shape index (κ1) is 21.0. The Balaban J connectivity index is 0.000000243. The van der Waals surface area contributed by atoms with Crippen molar-refractivity contribution in [2.75, 3.05) is 5.75 Å². The molecule has 0 saturated carbocycles. The van der Waals surface area contributed by atoms with Gasteiger partial charge >= 0.3 is 0 Å². The minimum Gasteiger partial charge on any atom is -0.293 e. The van der Waals surface area contributed by atoms with Gasteiger partial charge in [0, 0.05) is 5.56 Å². The van der Waals surface area contributed by atoms with Gasteiger partial charge in [-0.25, -0.2) is 0 Å². The predicted octanol–water partition coefficient (Wildman–Crippen LogP) is 5.31. The highest BCUT2D eigenvalue weighted by atomic mass is 35.5. The summed E-state index contributed by atoms with van der Waals surface area (Å²) < 4.78 is 29.6. The average Bonchev–Trinajstić information content (AvgIpc) is 2.47. The predicted molar refractivity (Wildman–Crippen MR) is 102 cm³/mol. The number of nitrogens with one attached hydrogen (secondary N) is 1. The van der Waals surface area contributed by atoms with Gasteiger partial charge in [0.25, 0.3) is 10.1 Å². The van der Waals surface area contributed by atoms with Gasteiger partial charge < -0.3 is 0 Å². The van der Waals surface area contributed by atoms with Crippen LogP contribution in [0.1, 0.15) is 18.1 Å². The summed E-state index contributed by atoms with van der Waals surface area (Å²) in [7, 11) is -4.02. The Morgan fingerprint density at radius 1 is 1.12 bits per heavy atom. The third kappa shape index (κ3) is 6.45. The molecule has 0 fully saturated rings. The molecule has 0 aromatic heterocycles. The maximum atomic E-state index is 10.5. The third-order valence-corrected chi connectivity index (χ3v) is 5.08. The number of benzene rings is 2. The Morgan fingerprint density at radius 3 is 2.04 bits per heavy atom. The molecule has 0 saturated heterocycles. The maximum absolute atomic E-state index is 10.5. The zero-order chi connectivity index (χ0) is 18.3. The summed E-state index contributed by atoms with van der Waals surface area (Å²) in [5, 5.41) is 9.21. The van der Waals surface area contributed by atoms with E-state index in [2.05, 4.69) is 0 Å². The quantitative estimate of drug-likeness (QED) is 0.411. The van der Waals surface area contributed by atoms with E-state index in [0.29, 0.717) is 20.7 Å². The largest absolute Gasteiger partial charge is 0.294 e. The van der Waals surface area contributed by atoms with Gasteiger partial charge in [0.15, 0.2) is 0 Å². The average molecular weight is 406 g/mol. The lowest BCUT2D eigenvalue weighted by molar-refractivity contribution is 0.483. The lowest BCUT2D eigenvalue weighted by atomic mass is 10.2. The van der Waals surface area contributed by atoms with E-state index in [0.717, 1.165) is 11.3 Å². The molecule has 0 amide bonds. The van der Waals surface area contributed by atoms with Crippen molar-refractivity contribution in [3.63, 3.8) is 0 Å². The van der Waals surface area contributed by atoms with E-state index in [-0.39, 0.29) is 4.90 Å². The van der Waals surface area contributed by atoms with Crippen molar-refractivity contribution in [3.05, 3.63) is 63.6 Å². The van der Waals surface area contributed by atoms with E-state index in [9.17, 15) is 8.42 Å². The molecule has 2 aromatic rings. The van der Waals surface area contributed by atoms with E-state index in [1.807, 2.05) is 13.8 Å². The van der Waals surface area contributed by atoms with Crippen LogP contribution >= 0.6 is 35.0 Å². The number of rotatable bonds is 3. The Hall–Kier alpha value is -1.05. The van der Waals surface area contributed by atoms with Gasteiger partial charge in [-0.3, -0.25) is 9.96 Å². The van der Waals surface area contributed by atoms with Crippen molar-refractivity contribution in [3.8, 4) is 0 Å². The van der Waals surface area contributed by atoms with Gasteiger partial charge in [0.05, 0.1) is 20.0 Å². The first-order valence-electron chi connectivity index (χ1n) is 6.86. The molecule has 130 valence electrons. The zero-order valence-corrected chi connectivity index (χ0v) is 16.2. The van der Waals surface area contributed by atoms with Crippen molar-refractivity contribution < 1.29 is 13.0 Å². The summed E-state index contributed by atoms with van der Waals surface area (Å²) >= 11 is 13.3. The second kappa shape index (κ2) is 9.44. The highest BCUT2D eigenvalue weighted by molar-refractivity contribution is 8.14. The van der Waals surface area contributed by atoms with Crippen LogP contribution in [-0.2, 0) is 10.1 Å². The lowest BCUT2D eigenvalue weighted by Gasteiger charge is -2.06. The second-order valence-corrected chi connectivity index (χ2v) is 8.16. The minimum absolute atomic E-state index is 0.0666. The molecule has 2 N–H and O–H groups in total. The van der Waals surface area contributed by atoms with Crippen LogP contribution < -0.4 is 0 Å². The van der Waals surface area contributed by atoms with Gasteiger partial charge in [-0.2, -0.15) is 8.42 Å². The first-order chi connectivity index (χ1) is 11.2. The smallest absolute Gasteiger partial charge is 0.293 e. The maximum Gasteiger partial charge on any atom is 0.294 e. The Bertz CT molecular complexity index is 786. The Kier molecular flexibility index (Phi) is 8.26. The van der Waals surface area contributed by atoms with Crippen LogP contribution in [0.15, 0.2) is 47.4 Å². The fourth-order valence-electron chi connectivity index (χ4n) is 1.64. The van der Waals surface area contributed by atoms with Crippen molar-refractivity contribution in [1.29, 1.82) is 5.41 Å². The number of aryl methyl sites for hydroxylation is 1. The van der Waals surface area contributed by atoms with Crippen molar-refractivity contribution in [2.45, 2.75) is 18.7 Å². The molecule has 0 unspecified atom stereocenters. The second-order valence-electron chi connectivity index (χ2n) is 4.65. The minimum atomic E-state index is -4.02. The van der Waals surface area contributed by atoms with Crippen molar-refractivity contribution >= 4 is 50.1 Å². The van der Waals surface area contributed by atoms with Crippen LogP contribution in [0, 0.1) is 12.3 Å². The molecule has 0 aliphatic rings. The van der Waals surface area contributed by atoms with E-state index in [1.54, 1.807) is 30.3 Å². The lowest BCUT2D eigenvalue weighted by Crippen LogP contribution is -1.96. The van der Waals surface area contributed by atoms with Crippen molar-refractivity contribution in [2.24, 2.45) is 0 Å². The third-order valence-electron chi connectivity index (χ3n) is 2.80. The Morgan fingerprint density at radius 2 is 1.62 bits per heavy atom. The monoisotopic (exact) mass is 405 g/mol. The number of halogens is 2. The molecule has 0 bridgehead atoms. The first-order valence-corrected chi connectivity index (χ1v) is 10.0. The van der Waals surface area contributed by atoms with Crippen LogP contribution in [0.2, 0.25) is 10.0 Å². The molecule has 0 heterocycles. The normalized spacial score (nSPS) is 10.7. The van der Waals surface area contributed by atoms with E-state index < -0.39 is 10.1 Å². The number of hydrogen-bond donors (Lipinski definition) is 2. The molecule has 0 atom stereocenters. The SMILES string of the molecule is CCSC(=N)c1c(Cl)cccc1Cl.Cc1ccc(S(=O)(=O)O)cc1. The fraction of sp³-hybridized carbons (Fsp3) is 0.188. The van der Waals surface area contributed by atoms with E-state index in [1.165, 1.54) is 23.9 Å². The standard InChI is InChI=1S/C9H9Cl2NS.C7H8O3S/c1-2-13-9(12)8-6(10)4-3-5-7(8)11;1-6-2-4-7(5-3-6)11(8,9)10/h3-5,12H,2H2,1H3;2-5H,1H3,(H,8,9,10). The van der Waals surface area contributed by atoms with Crippen LogP contribution in [0.25, 0.3) is 0 Å². The van der Waals surface area contributed by atoms with Gasteiger partial charge in [0.1, 0.15) is 0 Å². The zero-order valence-electron chi connectivity index (χ0n) is 13.1. The molecule has 0 spiro atoms. The molecule has 8 heteroatoms. The summed E-state index contributed by atoms with van der Waals surface area (Å²) in [5.74, 6) is 0.848. The van der Waals surface area contributed by atoms with Gasteiger partial charge in [-0.1, -0.05) is 53.9 Å². The Labute approximate surface area is 156 Å². The molecular weight excluding hydrogens is 389 g/mol. The van der Waals surface area contributed by atoms with Gasteiger partial charge in [-0.05, 0) is 36.9 Å². The summed E-state index contributed by atoms with van der Waals surface area (Å²) in [6.45, 7) is 3.83. The van der Waals surface area contributed by atoms with Gasteiger partial charge in [-0.15, -0.1) is 11.8 Å². The summed E-state index contributed by atoms with van der Waals surface area (Å²) in [4.78, 5) is -0.0666. The molecule has 2 aromatic carbocycles. The van der Waals surface area contributed by atoms with Crippen LogP contribution in [0.5, 0.6) is 0 Å². The van der Waals surface area contributed by atoms with Crippen LogP contribution in [-0.4, -0.2) is 23.8 Å². The van der Waals surface area contributed by atoms with Crippen LogP contribution in [0.4, 0.5) is 0 Å². The topological polar surface area (TPSA) is 78.2 Å². The van der Waals surface area contributed by atoms with Crippen molar-refractivity contribution in [1.82, 2.24) is 0 Å². The summed E-state index contributed by atoms with van der Waals surface area (Å²) in [6, 6.07) is 11.3. The van der Waals surface area contributed by atoms with E-state index >= 15 is 0 Å². The van der Waals surface area contributed by atoms with E-state index in [4.69, 9.17) is 33.2 Å². The molecule has 24 heavy (non-hydrogen) atoms. The summed E-state index contributed by atoms with van der Waals surface area (Å²) in [6.07, 6.45) is 0.